The van der Waals surface area contributed by atoms with Crippen molar-refractivity contribution in [3.63, 3.8) is 0 Å². The lowest BCUT2D eigenvalue weighted by Gasteiger charge is -2.23. The zero-order chi connectivity index (χ0) is 14.4. The van der Waals surface area contributed by atoms with E-state index in [1.54, 1.807) is 24.3 Å². The average Bonchev–Trinajstić information content (AvgIpc) is 2.53. The van der Waals surface area contributed by atoms with Crippen molar-refractivity contribution in [2.24, 2.45) is 5.73 Å². The Balaban J connectivity index is 2.19. The van der Waals surface area contributed by atoms with Gasteiger partial charge in [0.15, 0.2) is 0 Å². The smallest absolute Gasteiger partial charge is 0.338 e. The molecule has 0 amide bonds. The van der Waals surface area contributed by atoms with Crippen molar-refractivity contribution in [1.82, 2.24) is 0 Å². The molecular formula is C16H17NO3. The Bertz CT molecular complexity index is 542. The number of ether oxygens (including phenoxy) is 1. The maximum atomic E-state index is 12.1. The van der Waals surface area contributed by atoms with Gasteiger partial charge in [0.25, 0.3) is 0 Å². The fraction of sp³-hybridized carbons (Fsp3) is 0.188. The largest absolute Gasteiger partial charge is 0.452 e. The van der Waals surface area contributed by atoms with Crippen LogP contribution in [0.15, 0.2) is 60.7 Å². The van der Waals surface area contributed by atoms with Crippen molar-refractivity contribution < 1.29 is 14.6 Å². The van der Waals surface area contributed by atoms with E-state index in [2.05, 4.69) is 0 Å². The highest BCUT2D eigenvalue weighted by atomic mass is 16.5. The summed E-state index contributed by atoms with van der Waals surface area (Å²) in [4.78, 5) is 12.1. The van der Waals surface area contributed by atoms with Gasteiger partial charge in [0.2, 0.25) is 0 Å². The number of carbonyl (C=O) groups is 1. The molecule has 0 bridgehead atoms. The molecule has 2 atom stereocenters. The van der Waals surface area contributed by atoms with Gasteiger partial charge < -0.3 is 15.6 Å². The molecule has 0 saturated carbocycles. The van der Waals surface area contributed by atoms with Gasteiger partial charge in [-0.15, -0.1) is 0 Å². The molecule has 2 rings (SSSR count). The molecule has 0 spiro atoms. The molecule has 0 aliphatic rings. The Morgan fingerprint density at radius 1 is 1.05 bits per heavy atom. The fourth-order valence-corrected chi connectivity index (χ4v) is 1.90. The molecule has 0 heterocycles. The molecule has 20 heavy (non-hydrogen) atoms. The Labute approximate surface area is 117 Å². The van der Waals surface area contributed by atoms with E-state index < -0.39 is 18.1 Å². The molecule has 0 aliphatic carbocycles. The highest BCUT2D eigenvalue weighted by molar-refractivity contribution is 5.89. The number of nitrogens with two attached hydrogens (primary N) is 1. The second-order valence-electron chi connectivity index (χ2n) is 4.45. The summed E-state index contributed by atoms with van der Waals surface area (Å²) in [6.45, 7) is -0.262. The third kappa shape index (κ3) is 3.44. The van der Waals surface area contributed by atoms with Crippen molar-refractivity contribution in [3.8, 4) is 0 Å². The molecule has 2 aromatic carbocycles. The first-order valence-corrected chi connectivity index (χ1v) is 6.40. The summed E-state index contributed by atoms with van der Waals surface area (Å²) in [6, 6.07) is 17.2. The van der Waals surface area contributed by atoms with E-state index in [9.17, 15) is 9.90 Å². The Kier molecular flexibility index (Phi) is 4.87. The third-order valence-corrected chi connectivity index (χ3v) is 2.97. The minimum Gasteiger partial charge on any atom is -0.452 e. The highest BCUT2D eigenvalue weighted by Crippen LogP contribution is 2.21. The monoisotopic (exact) mass is 271 g/mol. The van der Waals surface area contributed by atoms with Crippen LogP contribution in [0.3, 0.4) is 0 Å². The molecule has 3 N–H and O–H groups in total. The summed E-state index contributed by atoms with van der Waals surface area (Å²) in [7, 11) is 0. The molecule has 2 aromatic rings. The number of aliphatic hydroxyl groups excluding tert-OH is 1. The van der Waals surface area contributed by atoms with Crippen LogP contribution in [0.2, 0.25) is 0 Å². The number of aliphatic hydroxyl groups is 1. The quantitative estimate of drug-likeness (QED) is 0.815. The minimum atomic E-state index is -0.672. The van der Waals surface area contributed by atoms with Gasteiger partial charge in [-0.1, -0.05) is 48.5 Å². The molecule has 0 aromatic heterocycles. The van der Waals surface area contributed by atoms with Gasteiger partial charge in [0, 0.05) is 0 Å². The predicted molar refractivity (Wildman–Crippen MR) is 76.1 cm³/mol. The van der Waals surface area contributed by atoms with Gasteiger partial charge in [-0.05, 0) is 17.7 Å². The first-order chi connectivity index (χ1) is 9.72. The minimum absolute atomic E-state index is 0.262. The van der Waals surface area contributed by atoms with E-state index in [0.29, 0.717) is 5.56 Å². The summed E-state index contributed by atoms with van der Waals surface area (Å²) in [6.07, 6.45) is -0.672. The van der Waals surface area contributed by atoms with E-state index in [1.807, 2.05) is 36.4 Å². The van der Waals surface area contributed by atoms with Crippen LogP contribution in [-0.4, -0.2) is 23.7 Å². The Hall–Kier alpha value is -2.17. The van der Waals surface area contributed by atoms with Crippen LogP contribution in [0.25, 0.3) is 0 Å². The van der Waals surface area contributed by atoms with Gasteiger partial charge in [-0.2, -0.15) is 0 Å². The van der Waals surface area contributed by atoms with Gasteiger partial charge >= 0.3 is 5.97 Å². The lowest BCUT2D eigenvalue weighted by molar-refractivity contribution is 0.0174. The van der Waals surface area contributed by atoms with Crippen LogP contribution in [0.4, 0.5) is 0 Å². The Morgan fingerprint density at radius 2 is 1.60 bits per heavy atom. The topological polar surface area (TPSA) is 72.6 Å². The van der Waals surface area contributed by atoms with Crippen molar-refractivity contribution in [2.75, 3.05) is 6.61 Å². The van der Waals surface area contributed by atoms with E-state index >= 15 is 0 Å². The second-order valence-corrected chi connectivity index (χ2v) is 4.45. The van der Waals surface area contributed by atoms with Gasteiger partial charge in [0.1, 0.15) is 6.10 Å². The standard InChI is InChI=1S/C16H17NO3/c17-14(11-18)15(12-7-3-1-4-8-12)20-16(19)13-9-5-2-6-10-13/h1-10,14-15,18H,11,17H2. The van der Waals surface area contributed by atoms with E-state index in [4.69, 9.17) is 10.5 Å². The van der Waals surface area contributed by atoms with Crippen molar-refractivity contribution in [1.29, 1.82) is 0 Å². The summed E-state index contributed by atoms with van der Waals surface area (Å²) in [5.41, 5.74) is 7.07. The van der Waals surface area contributed by atoms with Crippen LogP contribution in [0, 0.1) is 0 Å². The molecule has 0 aliphatic heterocycles. The molecule has 104 valence electrons. The summed E-state index contributed by atoms with van der Waals surface area (Å²) >= 11 is 0. The van der Waals surface area contributed by atoms with Crippen molar-refractivity contribution in [2.45, 2.75) is 12.1 Å². The molecule has 0 radical (unpaired) electrons. The second kappa shape index (κ2) is 6.84. The van der Waals surface area contributed by atoms with Crippen molar-refractivity contribution >= 4 is 5.97 Å². The molecule has 0 fully saturated rings. The number of hydrogen-bond acceptors (Lipinski definition) is 4. The SMILES string of the molecule is NC(CO)C(OC(=O)c1ccccc1)c1ccccc1. The van der Waals surface area contributed by atoms with Crippen LogP contribution in [0.5, 0.6) is 0 Å². The first kappa shape index (κ1) is 14.2. The third-order valence-electron chi connectivity index (χ3n) is 2.97. The van der Waals surface area contributed by atoms with E-state index in [-0.39, 0.29) is 6.61 Å². The summed E-state index contributed by atoms with van der Waals surface area (Å²) in [5.74, 6) is -0.455. The van der Waals surface area contributed by atoms with Crippen LogP contribution >= 0.6 is 0 Å². The van der Waals surface area contributed by atoms with Crippen LogP contribution in [0.1, 0.15) is 22.0 Å². The lowest BCUT2D eigenvalue weighted by atomic mass is 10.0. The number of esters is 1. The normalized spacial score (nSPS) is 13.5. The van der Waals surface area contributed by atoms with Crippen LogP contribution in [-0.2, 0) is 4.74 Å². The number of rotatable bonds is 5. The Morgan fingerprint density at radius 3 is 2.15 bits per heavy atom. The molecule has 0 saturated heterocycles. The van der Waals surface area contributed by atoms with Gasteiger partial charge in [-0.25, -0.2) is 4.79 Å². The molecule has 4 nitrogen and oxygen atoms in total. The summed E-state index contributed by atoms with van der Waals surface area (Å²) in [5, 5.41) is 9.23. The fourth-order valence-electron chi connectivity index (χ4n) is 1.90. The number of hydrogen-bond donors (Lipinski definition) is 2. The zero-order valence-corrected chi connectivity index (χ0v) is 11.0. The molecular weight excluding hydrogens is 254 g/mol. The highest BCUT2D eigenvalue weighted by Gasteiger charge is 2.24. The van der Waals surface area contributed by atoms with Crippen molar-refractivity contribution in [3.05, 3.63) is 71.8 Å². The van der Waals surface area contributed by atoms with Gasteiger partial charge in [0.05, 0.1) is 18.2 Å². The maximum absolute atomic E-state index is 12.1. The zero-order valence-electron chi connectivity index (χ0n) is 11.0. The predicted octanol–water partition coefficient (Wildman–Crippen LogP) is 1.90. The summed E-state index contributed by atoms with van der Waals surface area (Å²) < 4.78 is 5.45. The van der Waals surface area contributed by atoms with Crippen LogP contribution < -0.4 is 5.73 Å². The number of carbonyl (C=O) groups excluding carboxylic acids is 1. The number of benzene rings is 2. The average molecular weight is 271 g/mol. The molecule has 2 unspecified atom stereocenters. The lowest BCUT2D eigenvalue weighted by Crippen LogP contribution is -2.35. The van der Waals surface area contributed by atoms with Gasteiger partial charge in [-0.3, -0.25) is 0 Å². The van der Waals surface area contributed by atoms with E-state index in [0.717, 1.165) is 5.56 Å². The first-order valence-electron chi connectivity index (χ1n) is 6.40. The maximum Gasteiger partial charge on any atom is 0.338 e. The molecule has 4 heteroatoms. The van der Waals surface area contributed by atoms with E-state index in [1.165, 1.54) is 0 Å².